The van der Waals surface area contributed by atoms with E-state index in [0.717, 1.165) is 41.7 Å². The number of rotatable bonds is 8. The topological polar surface area (TPSA) is 35.5 Å². The molecule has 0 saturated carbocycles. The van der Waals surface area contributed by atoms with Gasteiger partial charge >= 0.3 is 0 Å². The minimum Gasteiger partial charge on any atom is -0.348 e. The standard InChI is InChI=1S/C25H32O3S/c1-5-7-18-14-23(24-27-16-25(3,4)17-28-24)20(8-6-2)13-19(18)9-10-21-11-12-22(15-26)29-21/h9-15,24H,5-8,16-17H2,1-4H3/b10-9+. The van der Waals surface area contributed by atoms with Gasteiger partial charge in [-0.15, -0.1) is 11.3 Å². The first-order valence-corrected chi connectivity index (χ1v) is 11.4. The summed E-state index contributed by atoms with van der Waals surface area (Å²) in [4.78, 5) is 12.8. The van der Waals surface area contributed by atoms with Crippen LogP contribution in [0.15, 0.2) is 24.3 Å². The van der Waals surface area contributed by atoms with Gasteiger partial charge in [-0.25, -0.2) is 0 Å². The fraction of sp³-hybridized carbons (Fsp3) is 0.480. The maximum absolute atomic E-state index is 10.9. The van der Waals surface area contributed by atoms with Crippen molar-refractivity contribution in [3.8, 4) is 0 Å². The van der Waals surface area contributed by atoms with Gasteiger partial charge in [0.05, 0.1) is 18.1 Å². The van der Waals surface area contributed by atoms with Crippen LogP contribution in [-0.4, -0.2) is 19.5 Å². The van der Waals surface area contributed by atoms with Crippen molar-refractivity contribution in [2.75, 3.05) is 13.2 Å². The number of hydrogen-bond donors (Lipinski definition) is 0. The third-order valence-electron chi connectivity index (χ3n) is 5.14. The molecule has 29 heavy (non-hydrogen) atoms. The normalized spacial score (nSPS) is 17.1. The molecule has 1 fully saturated rings. The maximum atomic E-state index is 10.9. The van der Waals surface area contributed by atoms with Crippen molar-refractivity contribution >= 4 is 29.8 Å². The van der Waals surface area contributed by atoms with Crippen molar-refractivity contribution in [2.24, 2.45) is 5.41 Å². The molecular formula is C25H32O3S. The second-order valence-corrected chi connectivity index (χ2v) is 9.71. The van der Waals surface area contributed by atoms with E-state index in [4.69, 9.17) is 9.47 Å². The number of benzene rings is 1. The summed E-state index contributed by atoms with van der Waals surface area (Å²) >= 11 is 1.52. The zero-order chi connectivity index (χ0) is 20.9. The number of carbonyl (C=O) groups is 1. The van der Waals surface area contributed by atoms with Gasteiger partial charge in [0.25, 0.3) is 0 Å². The Balaban J connectivity index is 1.93. The molecule has 4 heteroatoms. The summed E-state index contributed by atoms with van der Waals surface area (Å²) < 4.78 is 12.2. The summed E-state index contributed by atoms with van der Waals surface area (Å²) in [6.45, 7) is 10.2. The van der Waals surface area contributed by atoms with Crippen molar-refractivity contribution < 1.29 is 14.3 Å². The van der Waals surface area contributed by atoms with E-state index in [9.17, 15) is 4.79 Å². The lowest BCUT2D eigenvalue weighted by molar-refractivity contribution is -0.226. The van der Waals surface area contributed by atoms with Crippen LogP contribution in [0.1, 0.15) is 83.6 Å². The van der Waals surface area contributed by atoms with E-state index >= 15 is 0 Å². The smallest absolute Gasteiger partial charge is 0.184 e. The number of aldehydes is 1. The minimum absolute atomic E-state index is 0.0669. The van der Waals surface area contributed by atoms with Crippen LogP contribution in [0.2, 0.25) is 0 Å². The van der Waals surface area contributed by atoms with E-state index < -0.39 is 0 Å². The van der Waals surface area contributed by atoms with Crippen LogP contribution in [0.3, 0.4) is 0 Å². The van der Waals surface area contributed by atoms with E-state index in [1.165, 1.54) is 33.6 Å². The molecule has 0 N–H and O–H groups in total. The quantitative estimate of drug-likeness (QED) is 0.452. The van der Waals surface area contributed by atoms with Crippen LogP contribution in [0.4, 0.5) is 0 Å². The van der Waals surface area contributed by atoms with Crippen LogP contribution >= 0.6 is 11.3 Å². The van der Waals surface area contributed by atoms with E-state index in [0.29, 0.717) is 13.2 Å². The van der Waals surface area contributed by atoms with Crippen molar-refractivity contribution in [2.45, 2.75) is 59.7 Å². The van der Waals surface area contributed by atoms with E-state index in [1.54, 1.807) is 0 Å². The highest BCUT2D eigenvalue weighted by molar-refractivity contribution is 7.14. The summed E-state index contributed by atoms with van der Waals surface area (Å²) in [5, 5.41) is 0. The molecule has 2 aromatic rings. The summed E-state index contributed by atoms with van der Waals surface area (Å²) in [6, 6.07) is 8.47. The molecule has 0 spiro atoms. The molecule has 0 atom stereocenters. The highest BCUT2D eigenvalue weighted by Crippen LogP contribution is 2.35. The molecule has 1 aromatic carbocycles. The summed E-state index contributed by atoms with van der Waals surface area (Å²) in [7, 11) is 0. The molecule has 3 rings (SSSR count). The van der Waals surface area contributed by atoms with Gasteiger partial charge in [-0.1, -0.05) is 52.7 Å². The predicted molar refractivity (Wildman–Crippen MR) is 121 cm³/mol. The molecule has 0 unspecified atom stereocenters. The Morgan fingerprint density at radius 3 is 2.28 bits per heavy atom. The molecule has 1 aliphatic heterocycles. The third kappa shape index (κ3) is 5.65. The fourth-order valence-electron chi connectivity index (χ4n) is 3.64. The fourth-order valence-corrected chi connectivity index (χ4v) is 4.37. The molecule has 156 valence electrons. The van der Waals surface area contributed by atoms with Gasteiger partial charge in [-0.3, -0.25) is 4.79 Å². The van der Waals surface area contributed by atoms with E-state index in [2.05, 4.69) is 52.0 Å². The predicted octanol–water partition coefficient (Wildman–Crippen LogP) is 6.71. The van der Waals surface area contributed by atoms with Crippen LogP contribution in [-0.2, 0) is 22.3 Å². The zero-order valence-electron chi connectivity index (χ0n) is 18.0. The molecule has 0 aliphatic carbocycles. The SMILES string of the molecule is CCCc1cc(C2OCC(C)(C)CO2)c(CCC)cc1/C=C/c1ccc(C=O)s1. The Bertz CT molecular complexity index is 853. The summed E-state index contributed by atoms with van der Waals surface area (Å²) in [5.41, 5.74) is 5.12. The Morgan fingerprint density at radius 1 is 1.00 bits per heavy atom. The van der Waals surface area contributed by atoms with Crippen LogP contribution in [0.25, 0.3) is 12.2 Å². The second kappa shape index (κ2) is 9.84. The van der Waals surface area contributed by atoms with Crippen molar-refractivity contribution in [3.05, 3.63) is 56.3 Å². The average Bonchev–Trinajstić information content (AvgIpc) is 3.16. The molecule has 1 aliphatic rings. The monoisotopic (exact) mass is 412 g/mol. The maximum Gasteiger partial charge on any atom is 0.184 e. The van der Waals surface area contributed by atoms with Crippen LogP contribution in [0, 0.1) is 5.41 Å². The second-order valence-electron chi connectivity index (χ2n) is 8.56. The first-order chi connectivity index (χ1) is 14.0. The van der Waals surface area contributed by atoms with Crippen molar-refractivity contribution in [1.29, 1.82) is 0 Å². The number of ether oxygens (including phenoxy) is 2. The molecule has 1 saturated heterocycles. The Kier molecular flexibility index (Phi) is 7.44. The first-order valence-electron chi connectivity index (χ1n) is 10.6. The molecule has 0 bridgehead atoms. The van der Waals surface area contributed by atoms with Crippen LogP contribution in [0.5, 0.6) is 0 Å². The molecular weight excluding hydrogens is 380 g/mol. The summed E-state index contributed by atoms with van der Waals surface area (Å²) in [6.07, 6.45) is 9.11. The van der Waals surface area contributed by atoms with Gasteiger partial charge in [0.2, 0.25) is 0 Å². The highest BCUT2D eigenvalue weighted by atomic mass is 32.1. The zero-order valence-corrected chi connectivity index (χ0v) is 18.8. The van der Waals surface area contributed by atoms with Gasteiger partial charge in [-0.05, 0) is 53.8 Å². The lowest BCUT2D eigenvalue weighted by atomic mass is 9.91. The first kappa shape index (κ1) is 21.9. The lowest BCUT2D eigenvalue weighted by Crippen LogP contribution is -2.34. The van der Waals surface area contributed by atoms with Crippen LogP contribution < -0.4 is 0 Å². The number of aryl methyl sites for hydroxylation is 2. The lowest BCUT2D eigenvalue weighted by Gasteiger charge is -2.35. The molecule has 3 nitrogen and oxygen atoms in total. The Morgan fingerprint density at radius 2 is 1.66 bits per heavy atom. The van der Waals surface area contributed by atoms with E-state index in [1.807, 2.05) is 12.1 Å². The number of carbonyl (C=O) groups excluding carboxylic acids is 1. The number of hydrogen-bond acceptors (Lipinski definition) is 4. The number of thiophene rings is 1. The summed E-state index contributed by atoms with van der Waals surface area (Å²) in [5.74, 6) is 0. The highest BCUT2D eigenvalue weighted by Gasteiger charge is 2.30. The van der Waals surface area contributed by atoms with Gasteiger partial charge in [-0.2, -0.15) is 0 Å². The average molecular weight is 413 g/mol. The Hall–Kier alpha value is -1.75. The van der Waals surface area contributed by atoms with Crippen molar-refractivity contribution in [3.63, 3.8) is 0 Å². The molecule has 1 aromatic heterocycles. The molecule has 0 radical (unpaired) electrons. The largest absolute Gasteiger partial charge is 0.348 e. The van der Waals surface area contributed by atoms with Gasteiger partial charge in [0.15, 0.2) is 12.6 Å². The molecule has 2 heterocycles. The van der Waals surface area contributed by atoms with Gasteiger partial charge < -0.3 is 9.47 Å². The molecule has 0 amide bonds. The van der Waals surface area contributed by atoms with E-state index in [-0.39, 0.29) is 11.7 Å². The van der Waals surface area contributed by atoms with Gasteiger partial charge in [0, 0.05) is 15.9 Å². The van der Waals surface area contributed by atoms with Gasteiger partial charge in [0.1, 0.15) is 0 Å². The third-order valence-corrected chi connectivity index (χ3v) is 6.11. The van der Waals surface area contributed by atoms with Crippen molar-refractivity contribution in [1.82, 2.24) is 0 Å². The Labute approximate surface area is 178 Å². The minimum atomic E-state index is -0.273.